The maximum Gasteiger partial charge on any atom is 0.126 e. The lowest BCUT2D eigenvalue weighted by molar-refractivity contribution is 0.219. The topological polar surface area (TPSA) is 20.2 Å². The summed E-state index contributed by atoms with van der Waals surface area (Å²) in [6.45, 7) is 1.67. The second-order valence-electron chi connectivity index (χ2n) is 3.91. The van der Waals surface area contributed by atoms with Crippen LogP contribution in [0.5, 0.6) is 0 Å². The van der Waals surface area contributed by atoms with E-state index in [1.165, 1.54) is 6.07 Å². The van der Waals surface area contributed by atoms with Crippen molar-refractivity contribution in [3.05, 3.63) is 69.4 Å². The molecule has 2 rings (SSSR count). The Morgan fingerprint density at radius 3 is 2.41 bits per heavy atom. The van der Waals surface area contributed by atoms with Crippen molar-refractivity contribution in [1.82, 2.24) is 0 Å². The normalized spacial score (nSPS) is 12.5. The second-order valence-corrected chi connectivity index (χ2v) is 4.82. The van der Waals surface area contributed by atoms with Crippen LogP contribution in [0.15, 0.2) is 46.9 Å². The molecular formula is C14H12BrFO. The van der Waals surface area contributed by atoms with Gasteiger partial charge in [-0.3, -0.25) is 0 Å². The fourth-order valence-electron chi connectivity index (χ4n) is 1.75. The summed E-state index contributed by atoms with van der Waals surface area (Å²) in [6, 6.07) is 12.1. The Hall–Kier alpha value is -1.19. The van der Waals surface area contributed by atoms with E-state index < -0.39 is 6.10 Å². The van der Waals surface area contributed by atoms with Crippen LogP contribution in [0, 0.1) is 12.7 Å². The predicted octanol–water partition coefficient (Wildman–Crippen LogP) is 3.98. The summed E-state index contributed by atoms with van der Waals surface area (Å²) in [5.41, 5.74) is 1.84. The summed E-state index contributed by atoms with van der Waals surface area (Å²) in [6.07, 6.45) is -0.793. The van der Waals surface area contributed by atoms with E-state index in [1.54, 1.807) is 19.1 Å². The van der Waals surface area contributed by atoms with Crippen molar-refractivity contribution in [2.24, 2.45) is 0 Å². The molecule has 0 saturated heterocycles. The molecule has 2 aromatic carbocycles. The van der Waals surface area contributed by atoms with Crippen LogP contribution >= 0.6 is 15.9 Å². The Balaban J connectivity index is 2.40. The summed E-state index contributed by atoms with van der Waals surface area (Å²) in [4.78, 5) is 0. The molecule has 0 aromatic heterocycles. The number of hydrogen-bond acceptors (Lipinski definition) is 1. The molecule has 0 aliphatic heterocycles. The van der Waals surface area contributed by atoms with Crippen LogP contribution in [0.3, 0.4) is 0 Å². The van der Waals surface area contributed by atoms with Crippen LogP contribution in [0.25, 0.3) is 0 Å². The number of hydrogen-bond donors (Lipinski definition) is 1. The second kappa shape index (κ2) is 4.98. The zero-order valence-corrected chi connectivity index (χ0v) is 10.9. The van der Waals surface area contributed by atoms with E-state index in [0.717, 1.165) is 10.0 Å². The van der Waals surface area contributed by atoms with Gasteiger partial charge in [0.05, 0.1) is 0 Å². The van der Waals surface area contributed by atoms with Gasteiger partial charge in [-0.15, -0.1) is 0 Å². The molecule has 0 aliphatic rings. The molecule has 0 bridgehead atoms. The van der Waals surface area contributed by atoms with Gasteiger partial charge in [-0.2, -0.15) is 0 Å². The van der Waals surface area contributed by atoms with Crippen LogP contribution in [-0.4, -0.2) is 5.11 Å². The van der Waals surface area contributed by atoms with Crippen molar-refractivity contribution in [2.45, 2.75) is 13.0 Å². The highest BCUT2D eigenvalue weighted by molar-refractivity contribution is 9.10. The summed E-state index contributed by atoms with van der Waals surface area (Å²) in [5, 5.41) is 10.2. The fourth-order valence-corrected chi connectivity index (χ4v) is 2.01. The van der Waals surface area contributed by atoms with E-state index in [9.17, 15) is 9.50 Å². The third-order valence-electron chi connectivity index (χ3n) is 2.79. The Bertz CT molecular complexity index is 522. The Kier molecular flexibility index (Phi) is 3.60. The van der Waals surface area contributed by atoms with E-state index in [-0.39, 0.29) is 5.82 Å². The number of aliphatic hydroxyl groups excluding tert-OH is 1. The first-order valence-electron chi connectivity index (χ1n) is 5.28. The molecule has 88 valence electrons. The lowest BCUT2D eigenvalue weighted by Gasteiger charge is -2.14. The van der Waals surface area contributed by atoms with Crippen molar-refractivity contribution in [2.75, 3.05) is 0 Å². The molecule has 0 fully saturated rings. The van der Waals surface area contributed by atoms with Gasteiger partial charge in [0.25, 0.3) is 0 Å². The summed E-state index contributed by atoms with van der Waals surface area (Å²) in [5.74, 6) is -0.293. The van der Waals surface area contributed by atoms with Crippen LogP contribution in [0.1, 0.15) is 22.8 Å². The van der Waals surface area contributed by atoms with Crippen LogP contribution in [0.4, 0.5) is 4.39 Å². The molecule has 1 unspecified atom stereocenters. The third kappa shape index (κ3) is 2.56. The average molecular weight is 295 g/mol. The molecule has 0 saturated carbocycles. The molecule has 1 nitrogen and oxygen atoms in total. The largest absolute Gasteiger partial charge is 0.384 e. The summed E-state index contributed by atoms with van der Waals surface area (Å²) >= 11 is 3.34. The monoisotopic (exact) mass is 294 g/mol. The summed E-state index contributed by atoms with van der Waals surface area (Å²) < 4.78 is 14.3. The molecule has 0 spiro atoms. The minimum absolute atomic E-state index is 0.293. The van der Waals surface area contributed by atoms with E-state index in [0.29, 0.717) is 11.1 Å². The number of aliphatic hydroxyl groups is 1. The average Bonchev–Trinajstić information content (AvgIpc) is 2.33. The molecule has 1 atom stereocenters. The lowest BCUT2D eigenvalue weighted by atomic mass is 9.97. The maximum absolute atomic E-state index is 13.4. The SMILES string of the molecule is Cc1c(F)cccc1C(O)c1ccc(Br)cc1. The first-order valence-corrected chi connectivity index (χ1v) is 6.07. The van der Waals surface area contributed by atoms with E-state index >= 15 is 0 Å². The number of benzene rings is 2. The molecule has 3 heteroatoms. The lowest BCUT2D eigenvalue weighted by Crippen LogP contribution is -2.03. The highest BCUT2D eigenvalue weighted by Crippen LogP contribution is 2.26. The predicted molar refractivity (Wildman–Crippen MR) is 69.3 cm³/mol. The first-order chi connectivity index (χ1) is 8.09. The standard InChI is InChI=1S/C14H12BrFO/c1-9-12(3-2-4-13(9)16)14(17)10-5-7-11(15)8-6-10/h2-8,14,17H,1H3. The molecule has 17 heavy (non-hydrogen) atoms. The van der Waals surface area contributed by atoms with Crippen LogP contribution in [-0.2, 0) is 0 Å². The maximum atomic E-state index is 13.4. The Morgan fingerprint density at radius 1 is 1.12 bits per heavy atom. The minimum Gasteiger partial charge on any atom is -0.384 e. The third-order valence-corrected chi connectivity index (χ3v) is 3.32. The first kappa shape index (κ1) is 12.3. The molecular weight excluding hydrogens is 283 g/mol. The van der Waals surface area contributed by atoms with E-state index in [1.807, 2.05) is 24.3 Å². The van der Waals surface area contributed by atoms with Gasteiger partial charge in [-0.1, -0.05) is 40.2 Å². The molecule has 0 heterocycles. The molecule has 1 N–H and O–H groups in total. The summed E-state index contributed by atoms with van der Waals surface area (Å²) in [7, 11) is 0. The minimum atomic E-state index is -0.793. The van der Waals surface area contributed by atoms with Crippen LogP contribution in [0.2, 0.25) is 0 Å². The van der Waals surface area contributed by atoms with Gasteiger partial charge < -0.3 is 5.11 Å². The Labute approximate surface area is 108 Å². The van der Waals surface area contributed by atoms with Gasteiger partial charge in [0.1, 0.15) is 11.9 Å². The zero-order chi connectivity index (χ0) is 12.4. The molecule has 2 aromatic rings. The molecule has 0 amide bonds. The van der Waals surface area contributed by atoms with Gasteiger partial charge >= 0.3 is 0 Å². The quantitative estimate of drug-likeness (QED) is 0.888. The van der Waals surface area contributed by atoms with E-state index in [2.05, 4.69) is 15.9 Å². The van der Waals surface area contributed by atoms with Gasteiger partial charge in [0.15, 0.2) is 0 Å². The van der Waals surface area contributed by atoms with Gasteiger partial charge in [0, 0.05) is 4.47 Å². The highest BCUT2D eigenvalue weighted by atomic mass is 79.9. The van der Waals surface area contributed by atoms with Crippen molar-refractivity contribution >= 4 is 15.9 Å². The zero-order valence-electron chi connectivity index (χ0n) is 9.32. The smallest absolute Gasteiger partial charge is 0.126 e. The van der Waals surface area contributed by atoms with Crippen molar-refractivity contribution in [3.8, 4) is 0 Å². The van der Waals surface area contributed by atoms with Crippen molar-refractivity contribution in [1.29, 1.82) is 0 Å². The van der Waals surface area contributed by atoms with Gasteiger partial charge in [-0.25, -0.2) is 4.39 Å². The van der Waals surface area contributed by atoms with Gasteiger partial charge in [-0.05, 0) is 41.8 Å². The number of rotatable bonds is 2. The molecule has 0 radical (unpaired) electrons. The van der Waals surface area contributed by atoms with Crippen LogP contribution < -0.4 is 0 Å². The van der Waals surface area contributed by atoms with Crippen molar-refractivity contribution < 1.29 is 9.50 Å². The van der Waals surface area contributed by atoms with E-state index in [4.69, 9.17) is 0 Å². The number of halogens is 2. The fraction of sp³-hybridized carbons (Fsp3) is 0.143. The Morgan fingerprint density at radius 2 is 1.76 bits per heavy atom. The molecule has 0 aliphatic carbocycles. The van der Waals surface area contributed by atoms with Crippen molar-refractivity contribution in [3.63, 3.8) is 0 Å². The van der Waals surface area contributed by atoms with Gasteiger partial charge in [0.2, 0.25) is 0 Å². The highest BCUT2D eigenvalue weighted by Gasteiger charge is 2.14.